The highest BCUT2D eigenvalue weighted by atomic mass is 32.2. The molecule has 1 N–H and O–H groups in total. The first kappa shape index (κ1) is 15.0. The Labute approximate surface area is 110 Å². The van der Waals surface area contributed by atoms with E-state index in [9.17, 15) is 8.42 Å². The van der Waals surface area contributed by atoms with Crippen LogP contribution in [0, 0.1) is 13.8 Å². The average Bonchev–Trinajstić information content (AvgIpc) is 2.31. The van der Waals surface area contributed by atoms with Gasteiger partial charge in [-0.1, -0.05) is 12.1 Å². The van der Waals surface area contributed by atoms with E-state index in [1.165, 1.54) is 4.31 Å². The first-order chi connectivity index (χ1) is 8.38. The number of rotatable bonds is 6. The van der Waals surface area contributed by atoms with Gasteiger partial charge in [0.15, 0.2) is 0 Å². The Balaban J connectivity index is 2.91. The van der Waals surface area contributed by atoms with Crippen LogP contribution in [0.4, 0.5) is 5.69 Å². The minimum absolute atomic E-state index is 0.164. The van der Waals surface area contributed by atoms with E-state index in [1.54, 1.807) is 7.05 Å². The zero-order valence-electron chi connectivity index (χ0n) is 11.5. The van der Waals surface area contributed by atoms with Crippen LogP contribution in [0.3, 0.4) is 0 Å². The molecular weight excluding hydrogens is 248 g/mol. The third-order valence-corrected chi connectivity index (χ3v) is 4.79. The molecule has 4 nitrogen and oxygen atoms in total. The number of nitrogens with zero attached hydrogens (tertiary/aromatic N) is 1. The molecule has 1 rings (SSSR count). The molecule has 0 aliphatic heterocycles. The number of sulfonamides is 1. The van der Waals surface area contributed by atoms with Crippen LogP contribution in [0.5, 0.6) is 0 Å². The minimum Gasteiger partial charge on any atom is -0.320 e. The lowest BCUT2D eigenvalue weighted by Crippen LogP contribution is -2.30. The number of hydrogen-bond donors (Lipinski definition) is 1. The van der Waals surface area contributed by atoms with Crippen molar-refractivity contribution < 1.29 is 8.42 Å². The first-order valence-corrected chi connectivity index (χ1v) is 7.68. The Morgan fingerprint density at radius 2 is 1.94 bits per heavy atom. The fourth-order valence-corrected chi connectivity index (χ4v) is 3.06. The summed E-state index contributed by atoms with van der Waals surface area (Å²) in [4.78, 5) is 0. The summed E-state index contributed by atoms with van der Waals surface area (Å²) in [6.45, 7) is 4.60. The van der Waals surface area contributed by atoms with E-state index in [-0.39, 0.29) is 5.75 Å². The molecule has 1 aromatic carbocycles. The van der Waals surface area contributed by atoms with Gasteiger partial charge in [-0.3, -0.25) is 4.31 Å². The van der Waals surface area contributed by atoms with Gasteiger partial charge in [0.05, 0.1) is 11.4 Å². The van der Waals surface area contributed by atoms with Crippen LogP contribution < -0.4 is 9.62 Å². The summed E-state index contributed by atoms with van der Waals surface area (Å²) < 4.78 is 25.7. The van der Waals surface area contributed by atoms with Gasteiger partial charge in [0.1, 0.15) is 0 Å². The molecule has 0 heterocycles. The second kappa shape index (κ2) is 6.20. The van der Waals surface area contributed by atoms with Crippen LogP contribution in [-0.4, -0.2) is 34.8 Å². The van der Waals surface area contributed by atoms with E-state index >= 15 is 0 Å². The van der Waals surface area contributed by atoms with Crippen molar-refractivity contribution >= 4 is 15.7 Å². The molecule has 102 valence electrons. The Kier molecular flexibility index (Phi) is 5.16. The third-order valence-electron chi connectivity index (χ3n) is 2.95. The number of aryl methyl sites for hydroxylation is 2. The summed E-state index contributed by atoms with van der Waals surface area (Å²) >= 11 is 0. The lowest BCUT2D eigenvalue weighted by molar-refractivity contribution is 0.590. The van der Waals surface area contributed by atoms with E-state index in [2.05, 4.69) is 5.32 Å². The molecule has 0 amide bonds. The maximum absolute atomic E-state index is 12.2. The van der Waals surface area contributed by atoms with Crippen LogP contribution >= 0.6 is 0 Å². The fourth-order valence-electron chi connectivity index (χ4n) is 1.78. The van der Waals surface area contributed by atoms with Gasteiger partial charge in [0, 0.05) is 7.05 Å². The predicted molar refractivity (Wildman–Crippen MR) is 76.6 cm³/mol. The molecule has 0 saturated carbocycles. The van der Waals surface area contributed by atoms with Crippen molar-refractivity contribution in [3.8, 4) is 0 Å². The van der Waals surface area contributed by atoms with Gasteiger partial charge in [-0.15, -0.1) is 0 Å². The highest BCUT2D eigenvalue weighted by molar-refractivity contribution is 7.92. The highest BCUT2D eigenvalue weighted by Gasteiger charge is 2.19. The van der Waals surface area contributed by atoms with Crippen molar-refractivity contribution in [1.29, 1.82) is 0 Å². The van der Waals surface area contributed by atoms with E-state index < -0.39 is 10.0 Å². The first-order valence-electron chi connectivity index (χ1n) is 6.07. The van der Waals surface area contributed by atoms with Crippen molar-refractivity contribution in [2.45, 2.75) is 20.3 Å². The quantitative estimate of drug-likeness (QED) is 0.800. The number of benzene rings is 1. The molecule has 18 heavy (non-hydrogen) atoms. The molecule has 0 aromatic heterocycles. The van der Waals surface area contributed by atoms with Crippen LogP contribution in [0.2, 0.25) is 0 Å². The lowest BCUT2D eigenvalue weighted by Gasteiger charge is -2.21. The average molecular weight is 270 g/mol. The summed E-state index contributed by atoms with van der Waals surface area (Å²) in [6, 6.07) is 5.84. The van der Waals surface area contributed by atoms with Crippen molar-refractivity contribution in [2.24, 2.45) is 0 Å². The van der Waals surface area contributed by atoms with Gasteiger partial charge in [0.25, 0.3) is 0 Å². The second-order valence-electron chi connectivity index (χ2n) is 4.53. The van der Waals surface area contributed by atoms with Gasteiger partial charge in [-0.05, 0) is 51.1 Å². The molecule has 0 radical (unpaired) electrons. The van der Waals surface area contributed by atoms with E-state index in [1.807, 2.05) is 39.1 Å². The summed E-state index contributed by atoms with van der Waals surface area (Å²) in [5.74, 6) is 0.164. The highest BCUT2D eigenvalue weighted by Crippen LogP contribution is 2.23. The van der Waals surface area contributed by atoms with Crippen LogP contribution in [0.25, 0.3) is 0 Å². The molecular formula is C13H22N2O2S. The molecule has 0 bridgehead atoms. The Morgan fingerprint density at radius 1 is 1.28 bits per heavy atom. The molecule has 0 fully saturated rings. The summed E-state index contributed by atoms with van der Waals surface area (Å²) in [5, 5.41) is 2.96. The molecule has 0 saturated heterocycles. The Hall–Kier alpha value is -1.07. The largest absolute Gasteiger partial charge is 0.320 e. The number of hydrogen-bond acceptors (Lipinski definition) is 3. The van der Waals surface area contributed by atoms with Crippen molar-refractivity contribution in [1.82, 2.24) is 5.32 Å². The molecule has 0 atom stereocenters. The molecule has 5 heteroatoms. The maximum Gasteiger partial charge on any atom is 0.234 e. The topological polar surface area (TPSA) is 49.4 Å². The van der Waals surface area contributed by atoms with E-state index in [0.717, 1.165) is 16.8 Å². The van der Waals surface area contributed by atoms with Crippen molar-refractivity contribution in [3.05, 3.63) is 29.3 Å². The smallest absolute Gasteiger partial charge is 0.234 e. The lowest BCUT2D eigenvalue weighted by atomic mass is 10.1. The molecule has 0 unspecified atom stereocenters. The fraction of sp³-hybridized carbons (Fsp3) is 0.538. The van der Waals surface area contributed by atoms with Crippen molar-refractivity contribution in [2.75, 3.05) is 30.7 Å². The van der Waals surface area contributed by atoms with Gasteiger partial charge in [0.2, 0.25) is 10.0 Å². The number of nitrogens with one attached hydrogen (secondary N) is 1. The maximum atomic E-state index is 12.2. The minimum atomic E-state index is -3.23. The summed E-state index contributed by atoms with van der Waals surface area (Å²) in [5.41, 5.74) is 2.80. The van der Waals surface area contributed by atoms with Gasteiger partial charge in [-0.2, -0.15) is 0 Å². The normalized spacial score (nSPS) is 11.6. The SMILES string of the molecule is CNCCCS(=O)(=O)N(C)c1cc(C)ccc1C. The molecule has 0 aliphatic rings. The van der Waals surface area contributed by atoms with Crippen LogP contribution in [0.1, 0.15) is 17.5 Å². The standard InChI is InChI=1S/C13H22N2O2S/c1-11-6-7-12(2)13(10-11)15(4)18(16,17)9-5-8-14-3/h6-7,10,14H,5,8-9H2,1-4H3. The van der Waals surface area contributed by atoms with Crippen molar-refractivity contribution in [3.63, 3.8) is 0 Å². The Bertz CT molecular complexity index is 498. The van der Waals surface area contributed by atoms with Crippen LogP contribution in [0.15, 0.2) is 18.2 Å². The molecule has 0 spiro atoms. The number of anilines is 1. The van der Waals surface area contributed by atoms with Gasteiger partial charge >= 0.3 is 0 Å². The molecule has 0 aliphatic carbocycles. The van der Waals surface area contributed by atoms with Crippen LogP contribution in [-0.2, 0) is 10.0 Å². The Morgan fingerprint density at radius 3 is 2.56 bits per heavy atom. The zero-order valence-corrected chi connectivity index (χ0v) is 12.3. The summed E-state index contributed by atoms with van der Waals surface area (Å²) in [6.07, 6.45) is 0.619. The predicted octanol–water partition coefficient (Wildman–Crippen LogP) is 1.68. The second-order valence-corrected chi connectivity index (χ2v) is 6.65. The van der Waals surface area contributed by atoms with E-state index in [0.29, 0.717) is 13.0 Å². The zero-order chi connectivity index (χ0) is 13.8. The van der Waals surface area contributed by atoms with E-state index in [4.69, 9.17) is 0 Å². The molecule has 1 aromatic rings. The summed E-state index contributed by atoms with van der Waals surface area (Å²) in [7, 11) is 0.210. The third kappa shape index (κ3) is 3.71. The monoisotopic (exact) mass is 270 g/mol. The van der Waals surface area contributed by atoms with Gasteiger partial charge < -0.3 is 5.32 Å². The van der Waals surface area contributed by atoms with Gasteiger partial charge in [-0.25, -0.2) is 8.42 Å².